The highest BCUT2D eigenvalue weighted by molar-refractivity contribution is 9.13. The molecule has 0 bridgehead atoms. The van der Waals surface area contributed by atoms with Crippen molar-refractivity contribution in [2.24, 2.45) is 5.73 Å². The molecule has 1 unspecified atom stereocenters. The maximum absolute atomic E-state index is 13.9. The van der Waals surface area contributed by atoms with Gasteiger partial charge in [-0.3, -0.25) is 0 Å². The standard InChI is InChI=1S/C11H6Br3F2NS/c12-4-1-2-6(15)8(9(4)16)10(17)7-3-5(13)11(14)18-7/h1-3,10H,17H2. The first-order valence-corrected chi connectivity index (χ1v) is 7.95. The Hall–Kier alpha value is 0.180. The number of hydrogen-bond donors (Lipinski definition) is 1. The number of thiophene rings is 1. The molecule has 0 amide bonds. The molecule has 0 aliphatic heterocycles. The zero-order valence-electron chi connectivity index (χ0n) is 8.68. The van der Waals surface area contributed by atoms with Gasteiger partial charge in [-0.15, -0.1) is 11.3 Å². The predicted molar refractivity (Wildman–Crippen MR) is 79.8 cm³/mol. The van der Waals surface area contributed by atoms with Crippen LogP contribution in [0.15, 0.2) is 30.9 Å². The van der Waals surface area contributed by atoms with E-state index in [0.29, 0.717) is 4.88 Å². The van der Waals surface area contributed by atoms with Crippen molar-refractivity contribution >= 4 is 59.1 Å². The number of benzene rings is 1. The summed E-state index contributed by atoms with van der Waals surface area (Å²) in [5.41, 5.74) is 5.80. The van der Waals surface area contributed by atoms with E-state index in [1.54, 1.807) is 6.07 Å². The third kappa shape index (κ3) is 2.70. The second kappa shape index (κ2) is 5.66. The summed E-state index contributed by atoms with van der Waals surface area (Å²) in [6.45, 7) is 0. The molecule has 7 heteroatoms. The smallest absolute Gasteiger partial charge is 0.145 e. The summed E-state index contributed by atoms with van der Waals surface area (Å²) in [5, 5.41) is 0. The number of rotatable bonds is 2. The molecule has 0 fully saturated rings. The van der Waals surface area contributed by atoms with Gasteiger partial charge in [-0.25, -0.2) is 8.78 Å². The lowest BCUT2D eigenvalue weighted by Crippen LogP contribution is -2.14. The van der Waals surface area contributed by atoms with Crippen molar-refractivity contribution in [2.45, 2.75) is 6.04 Å². The fraction of sp³-hybridized carbons (Fsp3) is 0.0909. The highest BCUT2D eigenvalue weighted by Crippen LogP contribution is 2.38. The summed E-state index contributed by atoms with van der Waals surface area (Å²) in [5.74, 6) is -1.31. The van der Waals surface area contributed by atoms with E-state index >= 15 is 0 Å². The summed E-state index contributed by atoms with van der Waals surface area (Å²) in [6, 6.07) is 3.43. The number of nitrogens with two attached hydrogens (primary N) is 1. The minimum atomic E-state index is -0.838. The number of halogens is 5. The minimum Gasteiger partial charge on any atom is -0.319 e. The van der Waals surface area contributed by atoms with Crippen molar-refractivity contribution in [3.63, 3.8) is 0 Å². The van der Waals surface area contributed by atoms with E-state index in [2.05, 4.69) is 47.8 Å². The van der Waals surface area contributed by atoms with Crippen LogP contribution in [0, 0.1) is 11.6 Å². The van der Waals surface area contributed by atoms with E-state index in [0.717, 1.165) is 8.26 Å². The molecule has 0 aliphatic rings. The lowest BCUT2D eigenvalue weighted by Gasteiger charge is -2.13. The van der Waals surface area contributed by atoms with Gasteiger partial charge in [-0.2, -0.15) is 0 Å². The first kappa shape index (κ1) is 14.6. The van der Waals surface area contributed by atoms with Gasteiger partial charge in [0.15, 0.2) is 0 Å². The molecule has 18 heavy (non-hydrogen) atoms. The predicted octanol–water partition coefficient (Wildman–Crippen LogP) is 5.36. The highest BCUT2D eigenvalue weighted by atomic mass is 79.9. The van der Waals surface area contributed by atoms with E-state index in [4.69, 9.17) is 5.73 Å². The van der Waals surface area contributed by atoms with Crippen LogP contribution < -0.4 is 5.73 Å². The maximum atomic E-state index is 13.9. The largest absolute Gasteiger partial charge is 0.319 e. The quantitative estimate of drug-likeness (QED) is 0.598. The lowest BCUT2D eigenvalue weighted by molar-refractivity contribution is 0.541. The van der Waals surface area contributed by atoms with Crippen LogP contribution in [-0.4, -0.2) is 0 Å². The Kier molecular flexibility index (Phi) is 4.59. The molecule has 1 aromatic carbocycles. The van der Waals surface area contributed by atoms with E-state index in [1.165, 1.54) is 23.5 Å². The summed E-state index contributed by atoms with van der Waals surface area (Å²) in [7, 11) is 0. The highest BCUT2D eigenvalue weighted by Gasteiger charge is 2.22. The first-order chi connectivity index (χ1) is 8.41. The first-order valence-electron chi connectivity index (χ1n) is 4.75. The Morgan fingerprint density at radius 1 is 1.11 bits per heavy atom. The molecule has 0 radical (unpaired) electrons. The van der Waals surface area contributed by atoms with Gasteiger partial charge in [0.2, 0.25) is 0 Å². The minimum absolute atomic E-state index is 0.134. The fourth-order valence-corrected chi connectivity index (χ4v) is 3.93. The van der Waals surface area contributed by atoms with Crippen molar-refractivity contribution < 1.29 is 8.78 Å². The SMILES string of the molecule is NC(c1cc(Br)c(Br)s1)c1c(F)ccc(Br)c1F. The van der Waals surface area contributed by atoms with E-state index in [9.17, 15) is 8.78 Å². The molecule has 0 saturated carbocycles. The summed E-state index contributed by atoms with van der Waals surface area (Å²) < 4.78 is 29.5. The van der Waals surface area contributed by atoms with Crippen LogP contribution in [0.25, 0.3) is 0 Å². The van der Waals surface area contributed by atoms with E-state index in [-0.39, 0.29) is 10.0 Å². The summed E-state index contributed by atoms with van der Waals surface area (Å²) >= 11 is 11.0. The Balaban J connectivity index is 2.52. The Labute approximate surface area is 132 Å². The normalized spacial score (nSPS) is 12.8. The van der Waals surface area contributed by atoms with E-state index < -0.39 is 17.7 Å². The molecule has 0 saturated heterocycles. The summed E-state index contributed by atoms with van der Waals surface area (Å²) in [6.07, 6.45) is 0. The van der Waals surface area contributed by atoms with Gasteiger partial charge in [0.25, 0.3) is 0 Å². The van der Waals surface area contributed by atoms with Crippen LogP contribution in [0.2, 0.25) is 0 Å². The lowest BCUT2D eigenvalue weighted by atomic mass is 10.1. The molecule has 0 aliphatic carbocycles. The molecule has 2 rings (SSSR count). The van der Waals surface area contributed by atoms with Crippen LogP contribution in [0.1, 0.15) is 16.5 Å². The topological polar surface area (TPSA) is 26.0 Å². The van der Waals surface area contributed by atoms with Crippen LogP contribution in [-0.2, 0) is 0 Å². The molecular formula is C11H6Br3F2NS. The Morgan fingerprint density at radius 2 is 1.78 bits per heavy atom. The third-order valence-corrected chi connectivity index (χ3v) is 6.31. The third-order valence-electron chi connectivity index (χ3n) is 2.36. The van der Waals surface area contributed by atoms with Crippen LogP contribution in [0.5, 0.6) is 0 Å². The Morgan fingerprint density at radius 3 is 2.33 bits per heavy atom. The second-order valence-electron chi connectivity index (χ2n) is 3.50. The average Bonchev–Trinajstić information content (AvgIpc) is 2.65. The molecule has 96 valence electrons. The average molecular weight is 462 g/mol. The van der Waals surface area contributed by atoms with Gasteiger partial charge in [0.05, 0.1) is 14.3 Å². The van der Waals surface area contributed by atoms with Crippen molar-refractivity contribution in [1.29, 1.82) is 0 Å². The van der Waals surface area contributed by atoms with Gasteiger partial charge in [0.1, 0.15) is 11.6 Å². The van der Waals surface area contributed by atoms with Gasteiger partial charge >= 0.3 is 0 Å². The van der Waals surface area contributed by atoms with Gasteiger partial charge in [-0.1, -0.05) is 0 Å². The van der Waals surface area contributed by atoms with E-state index in [1.807, 2.05) is 0 Å². The fourth-order valence-electron chi connectivity index (χ4n) is 1.49. The Bertz CT molecular complexity index is 581. The van der Waals surface area contributed by atoms with Crippen molar-refractivity contribution in [3.05, 3.63) is 53.0 Å². The molecule has 1 heterocycles. The molecule has 1 aromatic heterocycles. The van der Waals surface area contributed by atoms with Crippen LogP contribution in [0.3, 0.4) is 0 Å². The molecule has 1 nitrogen and oxygen atoms in total. The molecule has 1 atom stereocenters. The van der Waals surface area contributed by atoms with Gasteiger partial charge in [-0.05, 0) is 66.0 Å². The van der Waals surface area contributed by atoms with Crippen LogP contribution >= 0.6 is 59.1 Å². The van der Waals surface area contributed by atoms with Crippen molar-refractivity contribution in [3.8, 4) is 0 Å². The second-order valence-corrected chi connectivity index (χ2v) is 7.62. The molecular weight excluding hydrogens is 456 g/mol. The van der Waals surface area contributed by atoms with Gasteiger partial charge < -0.3 is 5.73 Å². The maximum Gasteiger partial charge on any atom is 0.145 e. The monoisotopic (exact) mass is 459 g/mol. The molecule has 0 spiro atoms. The zero-order chi connectivity index (χ0) is 13.4. The molecule has 2 aromatic rings. The summed E-state index contributed by atoms with van der Waals surface area (Å²) in [4.78, 5) is 0.671. The zero-order valence-corrected chi connectivity index (χ0v) is 14.3. The van der Waals surface area contributed by atoms with Crippen molar-refractivity contribution in [2.75, 3.05) is 0 Å². The van der Waals surface area contributed by atoms with Crippen molar-refractivity contribution in [1.82, 2.24) is 0 Å². The number of hydrogen-bond acceptors (Lipinski definition) is 2. The van der Waals surface area contributed by atoms with Gasteiger partial charge in [0, 0.05) is 14.9 Å². The van der Waals surface area contributed by atoms with Crippen LogP contribution in [0.4, 0.5) is 8.78 Å². The molecule has 2 N–H and O–H groups in total.